The maximum Gasteiger partial charge on any atom is 2.00 e. The zero-order valence-corrected chi connectivity index (χ0v) is 42.8. The van der Waals surface area contributed by atoms with Crippen molar-refractivity contribution in [3.8, 4) is 0 Å². The number of piperidine rings is 4. The predicted molar refractivity (Wildman–Crippen MR) is 245 cm³/mol. The molecule has 366 valence electrons. The molecular weight excluding hydrogens is 905 g/mol. The molecule has 0 spiro atoms. The molecule has 0 atom stereocenters. The van der Waals surface area contributed by atoms with Gasteiger partial charge in [-0.25, -0.2) is 9.59 Å². The van der Waals surface area contributed by atoms with Gasteiger partial charge in [0, 0.05) is 65.2 Å². The van der Waals surface area contributed by atoms with Crippen molar-refractivity contribution >= 4 is 53.0 Å². The van der Waals surface area contributed by atoms with Crippen LogP contribution in [0.3, 0.4) is 0 Å². The van der Waals surface area contributed by atoms with Crippen LogP contribution < -0.4 is 17.0 Å². The second-order valence-corrected chi connectivity index (χ2v) is 19.1. The number of carboxylic acid groups (broad SMARTS) is 1. The van der Waals surface area contributed by atoms with E-state index in [0.717, 1.165) is 18.7 Å². The van der Waals surface area contributed by atoms with Crippen molar-refractivity contribution in [2.75, 3.05) is 65.4 Å². The van der Waals surface area contributed by atoms with Crippen molar-refractivity contribution in [3.05, 3.63) is 43.3 Å². The maximum absolute atomic E-state index is 11.7. The zero-order chi connectivity index (χ0) is 45.4. The van der Waals surface area contributed by atoms with Gasteiger partial charge < -0.3 is 68.8 Å². The van der Waals surface area contributed by atoms with Crippen molar-refractivity contribution in [1.82, 2.24) is 19.6 Å². The molecule has 1 aromatic carbocycles. The Bertz CT molecular complexity index is 1500. The first-order chi connectivity index (χ1) is 27.6. The fourth-order valence-electron chi connectivity index (χ4n) is 6.31. The van der Waals surface area contributed by atoms with Gasteiger partial charge in [0.25, 0.3) is 0 Å². The van der Waals surface area contributed by atoms with E-state index in [1.165, 1.54) is 0 Å². The number of nitrogens with zero attached hydrogens (tertiary/aromatic N) is 4. The Morgan fingerprint density at radius 3 is 1.33 bits per heavy atom. The molecule has 0 aliphatic carbocycles. The summed E-state index contributed by atoms with van der Waals surface area (Å²) in [5.41, 5.74) is -1.70. The number of hydrogen-bond donors (Lipinski definition) is 4. The Kier molecular flexibility index (Phi) is 30.7. The number of esters is 1. The Morgan fingerprint density at radius 2 is 0.969 bits per heavy atom. The number of carboxylic acids is 1. The summed E-state index contributed by atoms with van der Waals surface area (Å²) in [6.45, 7) is 22.2. The normalized spacial score (nSPS) is 19.1. The zero-order valence-electron chi connectivity index (χ0n) is 39.8. The van der Waals surface area contributed by atoms with Crippen LogP contribution in [-0.2, 0) is 35.2 Å². The number of ether oxygens (including phenoxy) is 3. The van der Waals surface area contributed by atoms with E-state index in [2.05, 4.69) is 0 Å². The van der Waals surface area contributed by atoms with Crippen LogP contribution in [0.5, 0.6) is 0 Å². The van der Waals surface area contributed by atoms with Gasteiger partial charge >= 0.3 is 47.2 Å². The van der Waals surface area contributed by atoms with Crippen LogP contribution in [0.4, 0.5) is 9.59 Å². The fraction of sp³-hybridized carbons (Fsp3) is 0.739. The molecule has 4 heterocycles. The molecule has 2 amide bonds. The number of halogens is 1. The third-order valence-electron chi connectivity index (χ3n) is 10.3. The molecule has 4 aliphatic heterocycles. The number of likely N-dealkylation sites (tertiary alicyclic amines) is 4. The number of hydrogen-bond acceptors (Lipinski definition) is 13. The van der Waals surface area contributed by atoms with Gasteiger partial charge in [-0.05, 0) is 106 Å². The van der Waals surface area contributed by atoms with Gasteiger partial charge in [-0.3, -0.25) is 24.2 Å². The summed E-state index contributed by atoms with van der Waals surface area (Å²) in [5, 5.41) is 37.6. The van der Waals surface area contributed by atoms with Gasteiger partial charge in [0.05, 0.1) is 29.9 Å². The average Bonchev–Trinajstić information content (AvgIpc) is 3.12. The fourth-order valence-corrected chi connectivity index (χ4v) is 6.31. The van der Waals surface area contributed by atoms with Crippen LogP contribution in [-0.4, -0.2) is 186 Å². The second kappa shape index (κ2) is 29.9. The van der Waals surface area contributed by atoms with E-state index in [-0.39, 0.29) is 85.4 Å². The van der Waals surface area contributed by atoms with E-state index in [0.29, 0.717) is 104 Å². The van der Waals surface area contributed by atoms with Crippen LogP contribution >= 0.6 is 0 Å². The molecule has 0 unspecified atom stereocenters. The third-order valence-corrected chi connectivity index (χ3v) is 10.3. The largest absolute Gasteiger partial charge is 2.00 e. The molecule has 18 heteroatoms. The summed E-state index contributed by atoms with van der Waals surface area (Å²) in [7, 11) is 0. The smallest absolute Gasteiger partial charge is 1.00 e. The molecule has 5 rings (SSSR count). The number of carbonyl (C=O) groups excluding carboxylic acids is 4. The average molecular weight is 986 g/mol. The molecule has 0 saturated carbocycles. The summed E-state index contributed by atoms with van der Waals surface area (Å²) < 4.78 is 15.7. The van der Waals surface area contributed by atoms with Gasteiger partial charge in [-0.2, -0.15) is 0 Å². The van der Waals surface area contributed by atoms with Crippen molar-refractivity contribution in [2.24, 2.45) is 0 Å². The number of carbonyl (C=O) groups is 5. The molecule has 0 bridgehead atoms. The number of Topliss-reactive ketones (excluding diaryl/α,β-unsaturated/α-hetero) is 1. The van der Waals surface area contributed by atoms with E-state index in [9.17, 15) is 39.3 Å². The third kappa shape index (κ3) is 29.9. The molecule has 4 saturated heterocycles. The van der Waals surface area contributed by atoms with Crippen molar-refractivity contribution < 1.29 is 75.6 Å². The van der Waals surface area contributed by atoms with Crippen LogP contribution in [0.2, 0.25) is 0 Å². The van der Waals surface area contributed by atoms with Crippen LogP contribution in [0.1, 0.15) is 127 Å². The van der Waals surface area contributed by atoms with Gasteiger partial charge in [0.15, 0.2) is 0 Å². The minimum Gasteiger partial charge on any atom is -1.00 e. The first-order valence-electron chi connectivity index (χ1n) is 21.1. The second-order valence-electron chi connectivity index (χ2n) is 19.1. The maximum atomic E-state index is 11.7. The standard InChI is InChI=1S/C15H21NO3.C11H21NO3.C10H17NO3.C8H15NO3.CH4.CH3.BrH.Mg/c1-15(18)7-9-16(10-8-15)11-14(17)19-12-13-5-3-2-4-6-13;1-10(2,3)15-9(13)12-7-5-11(4,14)6-8-12;1-10(2,3)14-9(13)11-6-4-8(12)5-7-11;1-8(12)2-4-9(5-3-8)6-7(10)11;;;;/h2-6,18H,7-12H2,1H3;14H,5-8H2,1-4H3;4-7H2,1-3H3;12H,2-6H2,1H3,(H,10,11);1H4;1H3;1H;/q;;;;;-1;;+2/p-1. The number of aliphatic hydroxyl groups is 3. The van der Waals surface area contributed by atoms with Gasteiger partial charge in [0.2, 0.25) is 0 Å². The summed E-state index contributed by atoms with van der Waals surface area (Å²) in [5.74, 6) is -0.772. The van der Waals surface area contributed by atoms with Crippen molar-refractivity contribution in [1.29, 1.82) is 0 Å². The van der Waals surface area contributed by atoms with E-state index in [1.807, 2.05) is 88.6 Å². The van der Waals surface area contributed by atoms with Gasteiger partial charge in [0.1, 0.15) is 23.6 Å². The number of ketones is 1. The number of benzene rings is 1. The quantitative estimate of drug-likeness (QED) is 0.140. The van der Waals surface area contributed by atoms with Crippen molar-refractivity contribution in [3.63, 3.8) is 0 Å². The molecule has 64 heavy (non-hydrogen) atoms. The number of amides is 2. The van der Waals surface area contributed by atoms with E-state index in [1.54, 1.807) is 23.6 Å². The Balaban J connectivity index is -0.000000769. The SMILES string of the molecule is C.CC(C)(C)OC(=O)N1CCC(=O)CC1.CC1(O)CCN(C(=O)OC(C)(C)C)CC1.CC1(O)CCN(CC(=O)O)CC1.CC1(O)CCN(CC(=O)OCc2ccccc2)CC1.[Br-].[CH3-].[Mg+2]. The minimum atomic E-state index is -0.795. The Hall–Kier alpha value is -2.58. The van der Waals surface area contributed by atoms with E-state index < -0.39 is 34.0 Å². The van der Waals surface area contributed by atoms with Gasteiger partial charge in [-0.15, -0.1) is 0 Å². The number of aliphatic carboxylic acids is 1. The summed E-state index contributed by atoms with van der Waals surface area (Å²) in [4.78, 5) is 63.3. The van der Waals surface area contributed by atoms with Crippen molar-refractivity contribution in [2.45, 2.75) is 156 Å². The van der Waals surface area contributed by atoms with Crippen LogP contribution in [0, 0.1) is 7.43 Å². The molecule has 4 aliphatic rings. The molecular formula is C46H81BrMgN4O12. The van der Waals surface area contributed by atoms with Gasteiger partial charge in [-0.1, -0.05) is 37.8 Å². The molecule has 16 nitrogen and oxygen atoms in total. The molecule has 0 aromatic heterocycles. The topological polar surface area (TPSA) is 207 Å². The Labute approximate surface area is 410 Å². The summed E-state index contributed by atoms with van der Waals surface area (Å²) in [6.07, 6.45) is 4.30. The summed E-state index contributed by atoms with van der Waals surface area (Å²) in [6, 6.07) is 9.66. The van der Waals surface area contributed by atoms with E-state index >= 15 is 0 Å². The van der Waals surface area contributed by atoms with E-state index in [4.69, 9.17) is 19.3 Å². The monoisotopic (exact) mass is 984 g/mol. The first-order valence-corrected chi connectivity index (χ1v) is 21.1. The summed E-state index contributed by atoms with van der Waals surface area (Å²) >= 11 is 0. The number of rotatable bonds is 6. The van der Waals surface area contributed by atoms with Crippen LogP contribution in [0.25, 0.3) is 0 Å². The molecule has 4 fully saturated rings. The predicted octanol–water partition coefficient (Wildman–Crippen LogP) is 2.56. The Morgan fingerprint density at radius 1 is 0.625 bits per heavy atom. The van der Waals surface area contributed by atoms with Crippen LogP contribution in [0.15, 0.2) is 30.3 Å². The molecule has 1 aromatic rings. The molecule has 4 N–H and O–H groups in total. The molecule has 0 radical (unpaired) electrons. The minimum absolute atomic E-state index is 0. The first kappa shape index (κ1) is 65.7.